The largest absolute Gasteiger partial charge is 0.507 e. The van der Waals surface area contributed by atoms with Gasteiger partial charge in [-0.05, 0) is 37.1 Å². The van der Waals surface area contributed by atoms with Crippen LogP contribution in [-0.4, -0.2) is 20.8 Å². The lowest BCUT2D eigenvalue weighted by atomic mass is 10.0. The summed E-state index contributed by atoms with van der Waals surface area (Å²) in [6, 6.07) is 5.30. The number of phenolic OH excluding ortho intramolecular Hbond substituents is 1. The Morgan fingerprint density at radius 2 is 2.11 bits per heavy atom. The zero-order valence-corrected chi connectivity index (χ0v) is 11.3. The zero-order valence-electron chi connectivity index (χ0n) is 11.3. The van der Waals surface area contributed by atoms with Crippen molar-refractivity contribution in [3.63, 3.8) is 0 Å². The van der Waals surface area contributed by atoms with Crippen molar-refractivity contribution in [2.45, 2.75) is 20.4 Å². The Bertz CT molecular complexity index is 617. The van der Waals surface area contributed by atoms with Gasteiger partial charge in [-0.25, -0.2) is 0 Å². The number of amides is 1. The number of hydrogen-bond acceptors (Lipinski definition) is 3. The third-order valence-corrected chi connectivity index (χ3v) is 3.30. The van der Waals surface area contributed by atoms with Crippen LogP contribution in [-0.2, 0) is 13.6 Å². The van der Waals surface area contributed by atoms with Gasteiger partial charge in [0.15, 0.2) is 0 Å². The van der Waals surface area contributed by atoms with Crippen molar-refractivity contribution in [3.8, 4) is 5.75 Å². The van der Waals surface area contributed by atoms with Crippen molar-refractivity contribution >= 4 is 5.91 Å². The summed E-state index contributed by atoms with van der Waals surface area (Å²) < 4.78 is 1.69. The summed E-state index contributed by atoms with van der Waals surface area (Å²) >= 11 is 0. The maximum atomic E-state index is 12.0. The molecule has 19 heavy (non-hydrogen) atoms. The van der Waals surface area contributed by atoms with Crippen molar-refractivity contribution in [3.05, 3.63) is 46.8 Å². The summed E-state index contributed by atoms with van der Waals surface area (Å²) in [4.78, 5) is 12.0. The van der Waals surface area contributed by atoms with E-state index in [4.69, 9.17) is 0 Å². The van der Waals surface area contributed by atoms with Crippen LogP contribution in [0.5, 0.6) is 5.75 Å². The first-order chi connectivity index (χ1) is 9.00. The SMILES string of the molecule is Cc1ccc(C(=O)NCc2ccnn2C)c(O)c1C. The topological polar surface area (TPSA) is 67.2 Å². The van der Waals surface area contributed by atoms with E-state index >= 15 is 0 Å². The normalized spacial score (nSPS) is 10.5. The molecule has 5 nitrogen and oxygen atoms in total. The summed E-state index contributed by atoms with van der Waals surface area (Å²) in [5.41, 5.74) is 2.89. The van der Waals surface area contributed by atoms with Gasteiger partial charge in [0.2, 0.25) is 0 Å². The lowest BCUT2D eigenvalue weighted by molar-refractivity contribution is 0.0947. The molecule has 2 N–H and O–H groups in total. The molecule has 0 radical (unpaired) electrons. The van der Waals surface area contributed by atoms with Crippen LogP contribution in [0.15, 0.2) is 24.4 Å². The minimum absolute atomic E-state index is 0.0440. The Kier molecular flexibility index (Phi) is 3.55. The number of rotatable bonds is 3. The number of aryl methyl sites for hydroxylation is 2. The van der Waals surface area contributed by atoms with Crippen LogP contribution < -0.4 is 5.32 Å². The summed E-state index contributed by atoms with van der Waals surface area (Å²) in [6.45, 7) is 4.07. The van der Waals surface area contributed by atoms with Gasteiger partial charge in [0.25, 0.3) is 5.91 Å². The lowest BCUT2D eigenvalue weighted by Gasteiger charge is -2.10. The third-order valence-electron chi connectivity index (χ3n) is 3.30. The molecule has 2 aromatic rings. The highest BCUT2D eigenvalue weighted by molar-refractivity contribution is 5.97. The molecule has 0 spiro atoms. The van der Waals surface area contributed by atoms with Crippen molar-refractivity contribution in [1.29, 1.82) is 0 Å². The fraction of sp³-hybridized carbons (Fsp3) is 0.286. The third kappa shape index (κ3) is 2.59. The molecule has 0 saturated heterocycles. The maximum absolute atomic E-state index is 12.0. The minimum atomic E-state index is -0.290. The predicted octanol–water partition coefficient (Wildman–Crippen LogP) is 1.67. The Balaban J connectivity index is 2.13. The first kappa shape index (κ1) is 13.1. The van der Waals surface area contributed by atoms with Gasteiger partial charge in [-0.3, -0.25) is 9.48 Å². The van der Waals surface area contributed by atoms with Crippen molar-refractivity contribution in [2.75, 3.05) is 0 Å². The summed E-state index contributed by atoms with van der Waals surface area (Å²) in [7, 11) is 1.81. The van der Waals surface area contributed by atoms with Crippen LogP contribution in [0.25, 0.3) is 0 Å². The Hall–Kier alpha value is -2.30. The van der Waals surface area contributed by atoms with E-state index < -0.39 is 0 Å². The molecule has 1 aromatic heterocycles. The molecular formula is C14H17N3O2. The number of hydrogen-bond donors (Lipinski definition) is 2. The van der Waals surface area contributed by atoms with Gasteiger partial charge in [0.05, 0.1) is 17.8 Å². The predicted molar refractivity (Wildman–Crippen MR) is 72.0 cm³/mol. The van der Waals surface area contributed by atoms with E-state index in [9.17, 15) is 9.90 Å². The summed E-state index contributed by atoms with van der Waals surface area (Å²) in [5, 5.41) is 16.8. The molecule has 1 amide bonds. The summed E-state index contributed by atoms with van der Waals surface area (Å²) in [5.74, 6) is -0.246. The molecule has 2 rings (SSSR count). The number of nitrogens with one attached hydrogen (secondary N) is 1. The number of aromatic hydroxyl groups is 1. The molecule has 0 aliphatic rings. The molecular weight excluding hydrogens is 242 g/mol. The van der Waals surface area contributed by atoms with Gasteiger partial charge < -0.3 is 10.4 Å². The number of nitrogens with zero attached hydrogens (tertiary/aromatic N) is 2. The van der Waals surface area contributed by atoms with E-state index in [0.29, 0.717) is 12.1 Å². The number of benzene rings is 1. The first-order valence-corrected chi connectivity index (χ1v) is 6.05. The lowest BCUT2D eigenvalue weighted by Crippen LogP contribution is -2.24. The van der Waals surface area contributed by atoms with Crippen LogP contribution in [0.1, 0.15) is 27.2 Å². The van der Waals surface area contributed by atoms with E-state index in [0.717, 1.165) is 16.8 Å². The molecule has 1 heterocycles. The van der Waals surface area contributed by atoms with Gasteiger partial charge >= 0.3 is 0 Å². The van der Waals surface area contributed by atoms with E-state index in [-0.39, 0.29) is 11.7 Å². The van der Waals surface area contributed by atoms with E-state index in [1.54, 1.807) is 23.9 Å². The van der Waals surface area contributed by atoms with Gasteiger partial charge in [0, 0.05) is 13.2 Å². The molecule has 0 saturated carbocycles. The minimum Gasteiger partial charge on any atom is -0.507 e. The average Bonchev–Trinajstić information content (AvgIpc) is 2.79. The molecule has 5 heteroatoms. The number of carbonyl (C=O) groups is 1. The maximum Gasteiger partial charge on any atom is 0.255 e. The molecule has 0 fully saturated rings. The molecule has 0 aliphatic heterocycles. The smallest absolute Gasteiger partial charge is 0.255 e. The first-order valence-electron chi connectivity index (χ1n) is 6.05. The Morgan fingerprint density at radius 3 is 2.74 bits per heavy atom. The van der Waals surface area contributed by atoms with Gasteiger partial charge in [-0.2, -0.15) is 5.10 Å². The zero-order chi connectivity index (χ0) is 14.0. The van der Waals surface area contributed by atoms with Gasteiger partial charge in [-0.15, -0.1) is 0 Å². The fourth-order valence-electron chi connectivity index (χ4n) is 1.83. The fourth-order valence-corrected chi connectivity index (χ4v) is 1.83. The number of phenols is 1. The monoisotopic (exact) mass is 259 g/mol. The molecule has 1 aromatic carbocycles. The van der Waals surface area contributed by atoms with Crippen molar-refractivity contribution in [2.24, 2.45) is 7.05 Å². The van der Waals surface area contributed by atoms with Crippen LogP contribution in [0.3, 0.4) is 0 Å². The molecule has 0 unspecified atom stereocenters. The van der Waals surface area contributed by atoms with E-state index in [1.807, 2.05) is 26.1 Å². The van der Waals surface area contributed by atoms with Gasteiger partial charge in [0.1, 0.15) is 5.75 Å². The summed E-state index contributed by atoms with van der Waals surface area (Å²) in [6.07, 6.45) is 1.68. The van der Waals surface area contributed by atoms with Crippen LogP contribution in [0, 0.1) is 13.8 Å². The van der Waals surface area contributed by atoms with Crippen LogP contribution in [0.2, 0.25) is 0 Å². The van der Waals surface area contributed by atoms with E-state index in [1.165, 1.54) is 0 Å². The van der Waals surface area contributed by atoms with Crippen molar-refractivity contribution < 1.29 is 9.90 Å². The van der Waals surface area contributed by atoms with Crippen molar-refractivity contribution in [1.82, 2.24) is 15.1 Å². The second kappa shape index (κ2) is 5.14. The standard InChI is InChI=1S/C14H17N3O2/c1-9-4-5-12(13(18)10(9)2)14(19)15-8-11-6-7-16-17(11)3/h4-7,18H,8H2,1-3H3,(H,15,19). The molecule has 100 valence electrons. The quantitative estimate of drug-likeness (QED) is 0.881. The number of carbonyl (C=O) groups excluding carboxylic acids is 1. The second-order valence-corrected chi connectivity index (χ2v) is 4.53. The van der Waals surface area contributed by atoms with E-state index in [2.05, 4.69) is 10.4 Å². The van der Waals surface area contributed by atoms with Gasteiger partial charge in [-0.1, -0.05) is 6.07 Å². The Morgan fingerprint density at radius 1 is 1.37 bits per heavy atom. The highest BCUT2D eigenvalue weighted by atomic mass is 16.3. The van der Waals surface area contributed by atoms with Crippen LogP contribution >= 0.6 is 0 Å². The second-order valence-electron chi connectivity index (χ2n) is 4.53. The highest BCUT2D eigenvalue weighted by Gasteiger charge is 2.14. The average molecular weight is 259 g/mol. The molecule has 0 aliphatic carbocycles. The molecule has 0 bridgehead atoms. The Labute approximate surface area is 111 Å². The molecule has 0 atom stereocenters. The van der Waals surface area contributed by atoms with Crippen LogP contribution in [0.4, 0.5) is 0 Å². The highest BCUT2D eigenvalue weighted by Crippen LogP contribution is 2.24. The number of aromatic nitrogens is 2.